The van der Waals surface area contributed by atoms with Gasteiger partial charge in [-0.05, 0) is 37.6 Å². The average Bonchev–Trinajstić information content (AvgIpc) is 2.46. The molecule has 0 aliphatic rings. The summed E-state index contributed by atoms with van der Waals surface area (Å²) in [7, 11) is 0. The minimum atomic E-state index is -0.0478. The smallest absolute Gasteiger partial charge is 0.224 e. The van der Waals surface area contributed by atoms with Crippen LogP contribution in [0.1, 0.15) is 19.8 Å². The number of hydrogen-bond donors (Lipinski definition) is 2. The van der Waals surface area contributed by atoms with Crippen LogP contribution in [0.4, 0.5) is 5.69 Å². The molecular weight excluding hydrogens is 337 g/mol. The molecule has 0 spiro atoms. The number of aromatic nitrogens is 1. The summed E-state index contributed by atoms with van der Waals surface area (Å²) < 4.78 is 5.69. The number of amides is 1. The van der Waals surface area contributed by atoms with Gasteiger partial charge in [0.1, 0.15) is 11.5 Å². The minimum Gasteiger partial charge on any atom is -0.457 e. The van der Waals surface area contributed by atoms with Crippen molar-refractivity contribution in [1.82, 2.24) is 4.98 Å². The fraction of sp³-hybridized carbons (Fsp3) is 0.250. The summed E-state index contributed by atoms with van der Waals surface area (Å²) in [4.78, 5) is 15.7. The third kappa shape index (κ3) is 7.83. The first kappa shape index (κ1) is 21.2. The second-order valence-electron chi connectivity index (χ2n) is 4.88. The van der Waals surface area contributed by atoms with E-state index in [1.165, 1.54) is 0 Å². The molecule has 0 bridgehead atoms. The summed E-state index contributed by atoms with van der Waals surface area (Å²) in [6.45, 7) is 1.89. The second kappa shape index (κ2) is 10.8. The Balaban J connectivity index is 0.00000242. The first-order valence-corrected chi connectivity index (χ1v) is 6.87. The van der Waals surface area contributed by atoms with E-state index in [2.05, 4.69) is 10.3 Å². The Kier molecular flexibility index (Phi) is 9.97. The van der Waals surface area contributed by atoms with Crippen molar-refractivity contribution >= 4 is 36.4 Å². The molecule has 0 aliphatic carbocycles. The number of carbonyl (C=O) groups excluding carboxylic acids is 1. The summed E-state index contributed by atoms with van der Waals surface area (Å²) in [6.07, 6.45) is 4.40. The highest BCUT2D eigenvalue weighted by molar-refractivity contribution is 5.90. The first-order valence-electron chi connectivity index (χ1n) is 6.87. The molecular formula is C16H21Cl2N3O2. The number of nitrogens with two attached hydrogens (primary N) is 1. The Hall–Kier alpha value is -1.82. The Morgan fingerprint density at radius 1 is 1.22 bits per heavy atom. The largest absolute Gasteiger partial charge is 0.457 e. The molecule has 1 aromatic carbocycles. The molecule has 0 saturated carbocycles. The zero-order valence-corrected chi connectivity index (χ0v) is 14.4. The van der Waals surface area contributed by atoms with Gasteiger partial charge in [-0.3, -0.25) is 9.78 Å². The minimum absolute atomic E-state index is 0. The molecule has 0 aliphatic heterocycles. The van der Waals surface area contributed by atoms with Crippen LogP contribution in [0.3, 0.4) is 0 Å². The molecule has 0 fully saturated rings. The lowest BCUT2D eigenvalue weighted by molar-refractivity contribution is -0.116. The number of pyridine rings is 1. The maximum Gasteiger partial charge on any atom is 0.224 e. The van der Waals surface area contributed by atoms with Crippen LogP contribution < -0.4 is 15.8 Å². The predicted octanol–water partition coefficient (Wildman–Crippen LogP) is 3.78. The molecule has 1 aromatic heterocycles. The quantitative estimate of drug-likeness (QED) is 0.824. The Bertz CT molecular complexity index is 595. The van der Waals surface area contributed by atoms with Gasteiger partial charge in [-0.15, -0.1) is 24.8 Å². The lowest BCUT2D eigenvalue weighted by Gasteiger charge is -2.09. The predicted molar refractivity (Wildman–Crippen MR) is 96.8 cm³/mol. The molecule has 5 nitrogen and oxygen atoms in total. The molecule has 2 rings (SSSR count). The standard InChI is InChI=1S/C16H19N3O2.2ClH/c1-12(17)5-6-16(20)19-13-3-2-4-15(11-13)21-14-7-9-18-10-8-14;;/h2-4,7-12H,5-6,17H2,1H3,(H,19,20);2*1H. The van der Waals surface area contributed by atoms with Crippen LogP contribution in [0.2, 0.25) is 0 Å². The number of carbonyl (C=O) groups is 1. The summed E-state index contributed by atoms with van der Waals surface area (Å²) >= 11 is 0. The van der Waals surface area contributed by atoms with Crippen LogP contribution in [0.5, 0.6) is 11.5 Å². The number of nitrogens with zero attached hydrogens (tertiary/aromatic N) is 1. The van der Waals surface area contributed by atoms with Gasteiger partial charge in [0, 0.05) is 36.6 Å². The third-order valence-corrected chi connectivity index (χ3v) is 2.83. The van der Waals surface area contributed by atoms with Gasteiger partial charge < -0.3 is 15.8 Å². The van der Waals surface area contributed by atoms with Crippen molar-refractivity contribution < 1.29 is 9.53 Å². The van der Waals surface area contributed by atoms with Crippen molar-refractivity contribution in [2.24, 2.45) is 5.73 Å². The van der Waals surface area contributed by atoms with Crippen LogP contribution in [0.25, 0.3) is 0 Å². The van der Waals surface area contributed by atoms with Crippen LogP contribution in [0.15, 0.2) is 48.8 Å². The highest BCUT2D eigenvalue weighted by Gasteiger charge is 2.05. The van der Waals surface area contributed by atoms with Crippen molar-refractivity contribution in [2.45, 2.75) is 25.8 Å². The molecule has 7 heteroatoms. The maximum atomic E-state index is 11.8. The van der Waals surface area contributed by atoms with Crippen LogP contribution in [-0.2, 0) is 4.79 Å². The molecule has 2 aromatic rings. The fourth-order valence-electron chi connectivity index (χ4n) is 1.76. The highest BCUT2D eigenvalue weighted by Crippen LogP contribution is 2.23. The van der Waals surface area contributed by atoms with E-state index >= 15 is 0 Å². The van der Waals surface area contributed by atoms with Gasteiger partial charge in [-0.2, -0.15) is 0 Å². The van der Waals surface area contributed by atoms with Gasteiger partial charge in [0.25, 0.3) is 0 Å². The van der Waals surface area contributed by atoms with Gasteiger partial charge in [0.2, 0.25) is 5.91 Å². The fourth-order valence-corrected chi connectivity index (χ4v) is 1.76. The van der Waals surface area contributed by atoms with Crippen molar-refractivity contribution in [1.29, 1.82) is 0 Å². The van der Waals surface area contributed by atoms with Crippen molar-refractivity contribution in [3.8, 4) is 11.5 Å². The monoisotopic (exact) mass is 357 g/mol. The normalized spacial score (nSPS) is 10.7. The number of hydrogen-bond acceptors (Lipinski definition) is 4. The summed E-state index contributed by atoms with van der Waals surface area (Å²) in [6, 6.07) is 10.8. The van der Waals surface area contributed by atoms with E-state index in [-0.39, 0.29) is 36.8 Å². The van der Waals surface area contributed by atoms with Crippen LogP contribution in [0, 0.1) is 0 Å². The molecule has 3 N–H and O–H groups in total. The Morgan fingerprint density at radius 2 is 1.91 bits per heavy atom. The van der Waals surface area contributed by atoms with Crippen molar-refractivity contribution in [3.05, 3.63) is 48.8 Å². The second-order valence-corrected chi connectivity index (χ2v) is 4.88. The SMILES string of the molecule is CC(N)CCC(=O)Nc1cccc(Oc2ccncc2)c1.Cl.Cl. The molecule has 0 saturated heterocycles. The molecule has 1 unspecified atom stereocenters. The van der Waals surface area contributed by atoms with Crippen molar-refractivity contribution in [2.75, 3.05) is 5.32 Å². The van der Waals surface area contributed by atoms with Crippen molar-refractivity contribution in [3.63, 3.8) is 0 Å². The zero-order valence-electron chi connectivity index (χ0n) is 12.8. The first-order chi connectivity index (χ1) is 10.1. The van der Waals surface area contributed by atoms with Gasteiger partial charge in [-0.25, -0.2) is 0 Å². The number of ether oxygens (including phenoxy) is 1. The van der Waals surface area contributed by atoms with Crippen LogP contribution in [-0.4, -0.2) is 16.9 Å². The Morgan fingerprint density at radius 3 is 2.57 bits per heavy atom. The third-order valence-electron chi connectivity index (χ3n) is 2.83. The van der Waals surface area contributed by atoms with Gasteiger partial charge >= 0.3 is 0 Å². The number of nitrogens with one attached hydrogen (secondary N) is 1. The lowest BCUT2D eigenvalue weighted by Crippen LogP contribution is -2.19. The average molecular weight is 358 g/mol. The van der Waals surface area contributed by atoms with E-state index in [0.29, 0.717) is 30.0 Å². The maximum absolute atomic E-state index is 11.8. The highest BCUT2D eigenvalue weighted by atomic mass is 35.5. The van der Waals surface area contributed by atoms with Crippen LogP contribution >= 0.6 is 24.8 Å². The summed E-state index contributed by atoms with van der Waals surface area (Å²) in [5, 5.41) is 2.84. The van der Waals surface area contributed by atoms with E-state index < -0.39 is 0 Å². The lowest BCUT2D eigenvalue weighted by atomic mass is 10.2. The number of rotatable bonds is 6. The van der Waals surface area contributed by atoms with E-state index in [0.717, 1.165) is 0 Å². The molecule has 0 radical (unpaired) electrons. The molecule has 23 heavy (non-hydrogen) atoms. The van der Waals surface area contributed by atoms with E-state index in [9.17, 15) is 4.79 Å². The van der Waals surface area contributed by atoms with Gasteiger partial charge in [0.15, 0.2) is 0 Å². The topological polar surface area (TPSA) is 77.2 Å². The number of halogens is 2. The number of benzene rings is 1. The van der Waals surface area contributed by atoms with Gasteiger partial charge in [0.05, 0.1) is 0 Å². The summed E-state index contributed by atoms with van der Waals surface area (Å²) in [5.41, 5.74) is 6.34. The molecule has 1 heterocycles. The molecule has 126 valence electrons. The van der Waals surface area contributed by atoms with E-state index in [4.69, 9.17) is 10.5 Å². The Labute approximate surface area is 148 Å². The molecule has 1 atom stereocenters. The summed E-state index contributed by atoms with van der Waals surface area (Å²) in [5.74, 6) is 1.31. The van der Waals surface area contributed by atoms with Gasteiger partial charge in [-0.1, -0.05) is 6.07 Å². The zero-order chi connectivity index (χ0) is 15.1. The van der Waals surface area contributed by atoms with E-state index in [1.807, 2.05) is 25.1 Å². The molecule has 1 amide bonds. The van der Waals surface area contributed by atoms with E-state index in [1.54, 1.807) is 30.6 Å². The number of anilines is 1.